The molecule has 0 aromatic rings. The van der Waals surface area contributed by atoms with Gasteiger partial charge in [0.05, 0.1) is 14.1 Å². The molecule has 4 heteroatoms. The summed E-state index contributed by atoms with van der Waals surface area (Å²) in [5, 5.41) is 26.2. The van der Waals surface area contributed by atoms with Crippen LogP contribution in [0.4, 0.5) is 0 Å². The highest BCUT2D eigenvalue weighted by Gasteiger charge is 2.16. The summed E-state index contributed by atoms with van der Waals surface area (Å²) in [6, 6.07) is 0. The van der Waals surface area contributed by atoms with Crippen molar-refractivity contribution in [3.05, 3.63) is 0 Å². The third-order valence-electron chi connectivity index (χ3n) is 1.04. The third-order valence-corrected chi connectivity index (χ3v) is 1.04. The number of ketones is 1. The summed E-state index contributed by atoms with van der Waals surface area (Å²) < 4.78 is 6.59. The van der Waals surface area contributed by atoms with Gasteiger partial charge in [0.15, 0.2) is 0 Å². The fraction of sp³-hybridized carbons (Fsp3) is 0.833. The molecule has 60 valence electrons. The van der Waals surface area contributed by atoms with Crippen molar-refractivity contribution in [3.63, 3.8) is 0 Å². The Balaban J connectivity index is 3.82. The Morgan fingerprint density at radius 3 is 2.40 bits per heavy atom. The van der Waals surface area contributed by atoms with Gasteiger partial charge >= 0.3 is 0 Å². The lowest BCUT2D eigenvalue weighted by molar-refractivity contribution is -0.121. The Bertz CT molecular complexity index is 137. The quantitative estimate of drug-likeness (QED) is 0.463. The predicted octanol–water partition coefficient (Wildman–Crippen LogP) is -1.32. The standard InChI is InChI=1S/C6H12O4/c1-4(8)2-5(9)6(10)3-7/h5-7,9-10H,2-3H2,1H3/t5-,6+/m0/s1/i3D/t3?,5-,6+. The molecule has 0 bridgehead atoms. The van der Waals surface area contributed by atoms with Crippen LogP contribution in [0.1, 0.15) is 14.7 Å². The third kappa shape index (κ3) is 3.55. The molecule has 3 N–H and O–H groups in total. The van der Waals surface area contributed by atoms with E-state index in [-0.39, 0.29) is 12.2 Å². The highest BCUT2D eigenvalue weighted by molar-refractivity contribution is 5.76. The molecular weight excluding hydrogens is 136 g/mol. The van der Waals surface area contributed by atoms with Gasteiger partial charge in [0, 0.05) is 6.42 Å². The van der Waals surface area contributed by atoms with Crippen LogP contribution in [-0.2, 0) is 4.79 Å². The van der Waals surface area contributed by atoms with E-state index in [2.05, 4.69) is 0 Å². The first-order valence-corrected chi connectivity index (χ1v) is 2.91. The number of rotatable bonds is 4. The van der Waals surface area contributed by atoms with Gasteiger partial charge in [0.25, 0.3) is 0 Å². The second-order valence-corrected chi connectivity index (χ2v) is 2.11. The highest BCUT2D eigenvalue weighted by Crippen LogP contribution is 1.98. The van der Waals surface area contributed by atoms with Gasteiger partial charge < -0.3 is 15.3 Å². The van der Waals surface area contributed by atoms with E-state index in [1.54, 1.807) is 0 Å². The molecular formula is C6H12O4. The maximum absolute atomic E-state index is 10.4. The number of hydrogen-bond donors (Lipinski definition) is 3. The van der Waals surface area contributed by atoms with Crippen LogP contribution in [0, 0.1) is 0 Å². The van der Waals surface area contributed by atoms with Crippen LogP contribution in [0.15, 0.2) is 0 Å². The number of carbonyl (C=O) groups is 1. The van der Waals surface area contributed by atoms with Gasteiger partial charge in [-0.25, -0.2) is 0 Å². The van der Waals surface area contributed by atoms with E-state index in [9.17, 15) is 4.79 Å². The minimum Gasteiger partial charge on any atom is -0.394 e. The zero-order valence-corrected chi connectivity index (χ0v) is 5.69. The van der Waals surface area contributed by atoms with Crippen molar-refractivity contribution in [2.45, 2.75) is 25.6 Å². The van der Waals surface area contributed by atoms with E-state index in [1.165, 1.54) is 6.92 Å². The Morgan fingerprint density at radius 1 is 1.60 bits per heavy atom. The molecule has 0 saturated carbocycles. The molecule has 1 unspecified atom stereocenters. The highest BCUT2D eigenvalue weighted by atomic mass is 16.4. The van der Waals surface area contributed by atoms with Crippen LogP contribution >= 0.6 is 0 Å². The first-order chi connectivity index (χ1) is 4.95. The molecule has 0 aromatic carbocycles. The van der Waals surface area contributed by atoms with Crippen molar-refractivity contribution < 1.29 is 21.5 Å². The summed E-state index contributed by atoms with van der Waals surface area (Å²) in [5.74, 6) is -0.294. The predicted molar refractivity (Wildman–Crippen MR) is 34.4 cm³/mol. The summed E-state index contributed by atoms with van der Waals surface area (Å²) in [7, 11) is 0. The van der Waals surface area contributed by atoms with Crippen LogP contribution in [0.25, 0.3) is 0 Å². The molecule has 0 radical (unpaired) electrons. The van der Waals surface area contributed by atoms with Crippen molar-refractivity contribution in [2.24, 2.45) is 0 Å². The van der Waals surface area contributed by atoms with E-state index in [0.29, 0.717) is 0 Å². The lowest BCUT2D eigenvalue weighted by atomic mass is 10.1. The first-order valence-electron chi connectivity index (χ1n) is 3.48. The van der Waals surface area contributed by atoms with Gasteiger partial charge in [0.2, 0.25) is 0 Å². The monoisotopic (exact) mass is 149 g/mol. The second-order valence-electron chi connectivity index (χ2n) is 2.11. The van der Waals surface area contributed by atoms with Gasteiger partial charge in [-0.3, -0.25) is 4.79 Å². The molecule has 0 aliphatic carbocycles. The van der Waals surface area contributed by atoms with Crippen LogP contribution in [0.5, 0.6) is 0 Å². The zero-order chi connectivity index (χ0) is 9.02. The van der Waals surface area contributed by atoms with Gasteiger partial charge in [-0.15, -0.1) is 0 Å². The van der Waals surface area contributed by atoms with Gasteiger partial charge in [-0.2, -0.15) is 0 Å². The van der Waals surface area contributed by atoms with Gasteiger partial charge in [-0.05, 0) is 6.92 Å². The van der Waals surface area contributed by atoms with Crippen molar-refractivity contribution in [1.82, 2.24) is 0 Å². The van der Waals surface area contributed by atoms with Crippen LogP contribution in [-0.4, -0.2) is 39.9 Å². The van der Waals surface area contributed by atoms with E-state index in [1.807, 2.05) is 0 Å². The maximum atomic E-state index is 10.4. The molecule has 0 rings (SSSR count). The van der Waals surface area contributed by atoms with E-state index < -0.39 is 18.8 Å². The molecule has 0 aliphatic rings. The molecule has 0 spiro atoms. The molecule has 0 aliphatic heterocycles. The SMILES string of the molecule is [2H]C(O)[C@@H](O)[C@@H](O)CC(C)=O. The van der Waals surface area contributed by atoms with Crippen LogP contribution in [0.2, 0.25) is 0 Å². The van der Waals surface area contributed by atoms with Gasteiger partial charge in [-0.1, -0.05) is 0 Å². The smallest absolute Gasteiger partial charge is 0.132 e. The normalized spacial score (nSPS) is 21.0. The molecule has 0 fully saturated rings. The van der Waals surface area contributed by atoms with E-state index in [0.717, 1.165) is 0 Å². The van der Waals surface area contributed by atoms with Crippen LogP contribution in [0.3, 0.4) is 0 Å². The maximum Gasteiger partial charge on any atom is 0.132 e. The molecule has 3 atom stereocenters. The molecule has 0 aromatic heterocycles. The number of aliphatic hydroxyl groups excluding tert-OH is 3. The zero-order valence-electron chi connectivity index (χ0n) is 6.69. The van der Waals surface area contributed by atoms with Crippen molar-refractivity contribution >= 4 is 5.78 Å². The summed E-state index contributed by atoms with van der Waals surface area (Å²) in [4.78, 5) is 10.4. The minimum atomic E-state index is -1.76. The number of carbonyl (C=O) groups excluding carboxylic acids is 1. The van der Waals surface area contributed by atoms with Crippen LogP contribution < -0.4 is 0 Å². The number of hydrogen-bond acceptors (Lipinski definition) is 4. The molecule has 0 amide bonds. The van der Waals surface area contributed by atoms with E-state index >= 15 is 0 Å². The molecule has 10 heavy (non-hydrogen) atoms. The summed E-state index contributed by atoms with van der Waals surface area (Å²) >= 11 is 0. The van der Waals surface area contributed by atoms with Crippen molar-refractivity contribution in [1.29, 1.82) is 0 Å². The topological polar surface area (TPSA) is 77.8 Å². The molecule has 4 nitrogen and oxygen atoms in total. The Kier molecular flexibility index (Phi) is 3.35. The fourth-order valence-corrected chi connectivity index (χ4v) is 0.515. The summed E-state index contributed by atoms with van der Waals surface area (Å²) in [6.07, 6.45) is -3.16. The lowest BCUT2D eigenvalue weighted by Crippen LogP contribution is -2.30. The average Bonchev–Trinajstić information content (AvgIpc) is 1.84. The lowest BCUT2D eigenvalue weighted by Gasteiger charge is -2.12. The summed E-state index contributed by atoms with van der Waals surface area (Å²) in [6.45, 7) is -0.504. The Morgan fingerprint density at radius 2 is 2.10 bits per heavy atom. The minimum absolute atomic E-state index is 0.239. The molecule has 0 saturated heterocycles. The molecule has 0 heterocycles. The van der Waals surface area contributed by atoms with E-state index in [4.69, 9.17) is 16.7 Å². The largest absolute Gasteiger partial charge is 0.394 e. The van der Waals surface area contributed by atoms with Crippen molar-refractivity contribution in [2.75, 3.05) is 6.58 Å². The van der Waals surface area contributed by atoms with Gasteiger partial charge in [0.1, 0.15) is 11.9 Å². The fourth-order valence-electron chi connectivity index (χ4n) is 0.515. The second kappa shape index (κ2) is 4.38. The summed E-state index contributed by atoms with van der Waals surface area (Å²) in [5.41, 5.74) is 0. The Labute approximate surface area is 60.5 Å². The number of aliphatic hydroxyl groups is 3. The Hall–Kier alpha value is -0.450. The first kappa shape index (κ1) is 7.65. The van der Waals surface area contributed by atoms with Crippen molar-refractivity contribution in [3.8, 4) is 0 Å². The average molecular weight is 149 g/mol. The number of Topliss-reactive ketones (excluding diaryl/α,β-unsaturated/α-hetero) is 1.